The first-order chi connectivity index (χ1) is 12.1. The van der Waals surface area contributed by atoms with Gasteiger partial charge in [-0.25, -0.2) is 4.39 Å². The van der Waals surface area contributed by atoms with E-state index in [1.165, 1.54) is 12.1 Å². The second-order valence-corrected chi connectivity index (χ2v) is 5.53. The molecule has 25 heavy (non-hydrogen) atoms. The molecule has 0 aliphatic rings. The number of carbonyl (C=O) groups excluding carboxylic acids is 1. The maximum absolute atomic E-state index is 12.9. The standard InChI is InChI=1S/C17H13ClFN3O3/c18-12-3-7-14(8-4-12)24-10-15(23)20-17-22-21-16(25-17)9-11-1-5-13(19)6-2-11/h1-8H,9-10H2,(H,20,22,23). The van der Waals surface area contributed by atoms with Crippen LogP contribution in [-0.2, 0) is 11.2 Å². The van der Waals surface area contributed by atoms with Crippen LogP contribution in [0.2, 0.25) is 5.02 Å². The third-order valence-corrected chi connectivity index (χ3v) is 3.42. The molecular weight excluding hydrogens is 349 g/mol. The molecule has 0 aliphatic carbocycles. The number of aromatic nitrogens is 2. The molecule has 0 radical (unpaired) electrons. The van der Waals surface area contributed by atoms with Crippen molar-refractivity contribution >= 4 is 23.5 Å². The van der Waals surface area contributed by atoms with Crippen molar-refractivity contribution in [3.8, 4) is 5.75 Å². The number of hydrogen-bond donors (Lipinski definition) is 1. The molecule has 3 rings (SSSR count). The second kappa shape index (κ2) is 7.76. The average Bonchev–Trinajstić information content (AvgIpc) is 3.03. The minimum absolute atomic E-state index is 0.0261. The zero-order valence-corrected chi connectivity index (χ0v) is 13.7. The molecule has 1 aromatic heterocycles. The predicted octanol–water partition coefficient (Wildman–Crippen LogP) is 3.47. The molecular formula is C17H13ClFN3O3. The van der Waals surface area contributed by atoms with Gasteiger partial charge in [-0.3, -0.25) is 10.1 Å². The van der Waals surface area contributed by atoms with Crippen LogP contribution in [0.1, 0.15) is 11.5 Å². The fraction of sp³-hybridized carbons (Fsp3) is 0.118. The van der Waals surface area contributed by atoms with Crippen LogP contribution in [0.25, 0.3) is 0 Å². The van der Waals surface area contributed by atoms with Crippen LogP contribution in [0, 0.1) is 5.82 Å². The summed E-state index contributed by atoms with van der Waals surface area (Å²) in [6.45, 7) is -0.211. The molecule has 0 fully saturated rings. The maximum atomic E-state index is 12.9. The van der Waals surface area contributed by atoms with Crippen LogP contribution in [0.5, 0.6) is 5.75 Å². The van der Waals surface area contributed by atoms with E-state index in [9.17, 15) is 9.18 Å². The lowest BCUT2D eigenvalue weighted by Crippen LogP contribution is -2.20. The summed E-state index contributed by atoms with van der Waals surface area (Å²) in [4.78, 5) is 11.8. The van der Waals surface area contributed by atoms with Gasteiger partial charge in [0.2, 0.25) is 5.89 Å². The normalized spacial score (nSPS) is 10.5. The maximum Gasteiger partial charge on any atom is 0.322 e. The Hall–Kier alpha value is -2.93. The molecule has 6 nitrogen and oxygen atoms in total. The third kappa shape index (κ3) is 5.02. The SMILES string of the molecule is O=C(COc1ccc(Cl)cc1)Nc1nnc(Cc2ccc(F)cc2)o1. The highest BCUT2D eigenvalue weighted by atomic mass is 35.5. The Kier molecular flexibility index (Phi) is 5.25. The molecule has 0 aliphatic heterocycles. The highest BCUT2D eigenvalue weighted by Gasteiger charge is 2.11. The van der Waals surface area contributed by atoms with Crippen molar-refractivity contribution in [3.05, 3.63) is 70.8 Å². The molecule has 0 atom stereocenters. The molecule has 1 heterocycles. The molecule has 1 N–H and O–H groups in total. The largest absolute Gasteiger partial charge is 0.484 e. The third-order valence-electron chi connectivity index (χ3n) is 3.17. The van der Waals surface area contributed by atoms with Gasteiger partial charge in [0.05, 0.1) is 6.42 Å². The smallest absolute Gasteiger partial charge is 0.322 e. The molecule has 0 saturated carbocycles. The van der Waals surface area contributed by atoms with Crippen molar-refractivity contribution in [2.24, 2.45) is 0 Å². The number of hydrogen-bond acceptors (Lipinski definition) is 5. The van der Waals surface area contributed by atoms with Crippen molar-refractivity contribution in [2.75, 3.05) is 11.9 Å². The molecule has 0 bridgehead atoms. The van der Waals surface area contributed by atoms with Gasteiger partial charge < -0.3 is 9.15 Å². The zero-order valence-electron chi connectivity index (χ0n) is 12.9. The summed E-state index contributed by atoms with van der Waals surface area (Å²) >= 11 is 5.77. The van der Waals surface area contributed by atoms with E-state index in [1.807, 2.05) is 0 Å². The summed E-state index contributed by atoms with van der Waals surface area (Å²) < 4.78 is 23.5. The molecule has 0 spiro atoms. The van der Waals surface area contributed by atoms with E-state index in [-0.39, 0.29) is 18.4 Å². The number of benzene rings is 2. The van der Waals surface area contributed by atoms with Crippen molar-refractivity contribution in [1.82, 2.24) is 10.2 Å². The fourth-order valence-electron chi connectivity index (χ4n) is 1.99. The summed E-state index contributed by atoms with van der Waals surface area (Å²) in [5.41, 5.74) is 0.814. The van der Waals surface area contributed by atoms with E-state index in [4.69, 9.17) is 20.8 Å². The first-order valence-electron chi connectivity index (χ1n) is 7.33. The van der Waals surface area contributed by atoms with Gasteiger partial charge in [0, 0.05) is 5.02 Å². The van der Waals surface area contributed by atoms with E-state index in [2.05, 4.69) is 15.5 Å². The quantitative estimate of drug-likeness (QED) is 0.727. The number of carbonyl (C=O) groups is 1. The van der Waals surface area contributed by atoms with Crippen LogP contribution in [0.3, 0.4) is 0 Å². The van der Waals surface area contributed by atoms with Crippen molar-refractivity contribution in [2.45, 2.75) is 6.42 Å². The molecule has 0 saturated heterocycles. The Morgan fingerprint density at radius 3 is 2.56 bits per heavy atom. The van der Waals surface area contributed by atoms with Crippen molar-refractivity contribution in [3.63, 3.8) is 0 Å². The van der Waals surface area contributed by atoms with Crippen LogP contribution in [0.4, 0.5) is 10.4 Å². The van der Waals surface area contributed by atoms with Gasteiger partial charge in [0.15, 0.2) is 6.61 Å². The van der Waals surface area contributed by atoms with Gasteiger partial charge in [0.1, 0.15) is 11.6 Å². The predicted molar refractivity (Wildman–Crippen MR) is 89.1 cm³/mol. The number of amides is 1. The molecule has 0 unspecified atom stereocenters. The minimum Gasteiger partial charge on any atom is -0.484 e. The Morgan fingerprint density at radius 1 is 1.12 bits per heavy atom. The van der Waals surface area contributed by atoms with Crippen LogP contribution >= 0.6 is 11.6 Å². The molecule has 3 aromatic rings. The number of halogens is 2. The Balaban J connectivity index is 1.51. The number of rotatable bonds is 6. The summed E-state index contributed by atoms with van der Waals surface area (Å²) in [7, 11) is 0. The van der Waals surface area contributed by atoms with Gasteiger partial charge in [0.25, 0.3) is 5.91 Å². The van der Waals surface area contributed by atoms with Gasteiger partial charge >= 0.3 is 6.01 Å². The molecule has 128 valence electrons. The van der Waals surface area contributed by atoms with Crippen LogP contribution in [0.15, 0.2) is 52.9 Å². The molecule has 2 aromatic carbocycles. The number of nitrogens with one attached hydrogen (secondary N) is 1. The minimum atomic E-state index is -0.438. The van der Waals surface area contributed by atoms with E-state index in [0.29, 0.717) is 23.1 Å². The zero-order chi connectivity index (χ0) is 17.6. The number of nitrogens with zero attached hydrogens (tertiary/aromatic N) is 2. The molecule has 8 heteroatoms. The van der Waals surface area contributed by atoms with Crippen molar-refractivity contribution in [1.29, 1.82) is 0 Å². The lowest BCUT2D eigenvalue weighted by Gasteiger charge is -2.05. The van der Waals surface area contributed by atoms with Gasteiger partial charge in [-0.2, -0.15) is 0 Å². The van der Waals surface area contributed by atoms with Gasteiger partial charge in [-0.15, -0.1) is 5.10 Å². The lowest BCUT2D eigenvalue weighted by atomic mass is 10.1. The summed E-state index contributed by atoms with van der Waals surface area (Å²) in [6.07, 6.45) is 0.338. The second-order valence-electron chi connectivity index (χ2n) is 5.09. The highest BCUT2D eigenvalue weighted by molar-refractivity contribution is 6.30. The fourth-order valence-corrected chi connectivity index (χ4v) is 2.11. The van der Waals surface area contributed by atoms with Crippen LogP contribution in [-0.4, -0.2) is 22.7 Å². The topological polar surface area (TPSA) is 77.2 Å². The Bertz CT molecular complexity index is 850. The van der Waals surface area contributed by atoms with E-state index in [1.54, 1.807) is 36.4 Å². The summed E-state index contributed by atoms with van der Waals surface area (Å²) in [5.74, 6) is 0.0671. The highest BCUT2D eigenvalue weighted by Crippen LogP contribution is 2.16. The van der Waals surface area contributed by atoms with Crippen molar-refractivity contribution < 1.29 is 18.3 Å². The van der Waals surface area contributed by atoms with Gasteiger partial charge in [-0.05, 0) is 42.0 Å². The van der Waals surface area contributed by atoms with Crippen LogP contribution < -0.4 is 10.1 Å². The summed E-state index contributed by atoms with van der Waals surface area (Å²) in [6, 6.07) is 12.6. The van der Waals surface area contributed by atoms with E-state index >= 15 is 0 Å². The monoisotopic (exact) mass is 361 g/mol. The lowest BCUT2D eigenvalue weighted by molar-refractivity contribution is -0.118. The number of ether oxygens (including phenoxy) is 1. The summed E-state index contributed by atoms with van der Waals surface area (Å²) in [5, 5.41) is 10.6. The Labute approximate surface area is 147 Å². The Morgan fingerprint density at radius 2 is 1.84 bits per heavy atom. The first kappa shape index (κ1) is 16.9. The van der Waals surface area contributed by atoms with Gasteiger partial charge in [-0.1, -0.05) is 28.8 Å². The van der Waals surface area contributed by atoms with E-state index < -0.39 is 5.91 Å². The average molecular weight is 362 g/mol. The first-order valence-corrected chi connectivity index (χ1v) is 7.71. The van der Waals surface area contributed by atoms with E-state index in [0.717, 1.165) is 5.56 Å². The molecule has 1 amide bonds. The number of anilines is 1.